The fourth-order valence-electron chi connectivity index (χ4n) is 2.22. The molecule has 0 spiro atoms. The van der Waals surface area contributed by atoms with Crippen LogP contribution in [-0.2, 0) is 0 Å². The number of nitrogens with one attached hydrogen (secondary N) is 1. The summed E-state index contributed by atoms with van der Waals surface area (Å²) in [4.78, 5) is 23.3. The number of carbonyl (C=O) groups excluding carboxylic acids is 1. The van der Waals surface area contributed by atoms with Gasteiger partial charge in [-0.15, -0.1) is 0 Å². The molecule has 2 aromatic carbocycles. The topological polar surface area (TPSA) is 59.3 Å². The Morgan fingerprint density at radius 2 is 1.80 bits per heavy atom. The van der Waals surface area contributed by atoms with Gasteiger partial charge in [-0.05, 0) is 48.2 Å². The maximum atomic E-state index is 12.6. The molecule has 0 unspecified atom stereocenters. The molecule has 128 valence electrons. The van der Waals surface area contributed by atoms with Gasteiger partial charge in [-0.25, -0.2) is 4.79 Å². The highest BCUT2D eigenvalue weighted by atomic mass is 32.2. The molecular weight excluding hydrogens is 355 g/mol. The standard InChI is InChI=1S/C17H10F3NO3S/c18-17(19,20)25-14-4-2-1-3-12(14)16(23)21-11-6-7-13-10(9-11)5-8-15(22)24-13/h1-9H,(H,21,23). The zero-order valence-corrected chi connectivity index (χ0v) is 13.3. The highest BCUT2D eigenvalue weighted by Crippen LogP contribution is 2.38. The number of hydrogen-bond donors (Lipinski definition) is 1. The van der Waals surface area contributed by atoms with Gasteiger partial charge in [0.25, 0.3) is 5.91 Å². The van der Waals surface area contributed by atoms with Gasteiger partial charge in [0.15, 0.2) is 0 Å². The summed E-state index contributed by atoms with van der Waals surface area (Å²) in [7, 11) is 0. The zero-order valence-electron chi connectivity index (χ0n) is 12.5. The third-order valence-corrected chi connectivity index (χ3v) is 4.04. The second-order valence-corrected chi connectivity index (χ2v) is 6.11. The number of amides is 1. The number of carbonyl (C=O) groups is 1. The van der Waals surface area contributed by atoms with Crippen LogP contribution in [0.1, 0.15) is 10.4 Å². The van der Waals surface area contributed by atoms with Crippen LogP contribution < -0.4 is 10.9 Å². The molecule has 0 saturated heterocycles. The molecule has 3 aromatic rings. The highest BCUT2D eigenvalue weighted by molar-refractivity contribution is 8.00. The first-order chi connectivity index (χ1) is 11.8. The summed E-state index contributed by atoms with van der Waals surface area (Å²) in [5.74, 6) is -0.663. The summed E-state index contributed by atoms with van der Waals surface area (Å²) in [6.45, 7) is 0. The normalized spacial score (nSPS) is 11.5. The molecule has 1 amide bonds. The van der Waals surface area contributed by atoms with Gasteiger partial charge in [0.05, 0.1) is 5.56 Å². The van der Waals surface area contributed by atoms with Crippen LogP contribution in [0, 0.1) is 0 Å². The maximum Gasteiger partial charge on any atom is 0.446 e. The Balaban J connectivity index is 1.88. The van der Waals surface area contributed by atoms with E-state index in [-0.39, 0.29) is 22.2 Å². The molecule has 0 aliphatic heterocycles. The Kier molecular flexibility index (Phi) is 4.54. The van der Waals surface area contributed by atoms with Gasteiger partial charge in [-0.1, -0.05) is 12.1 Å². The molecule has 0 bridgehead atoms. The van der Waals surface area contributed by atoms with Crippen LogP contribution in [0.25, 0.3) is 11.0 Å². The van der Waals surface area contributed by atoms with Crippen LogP contribution in [-0.4, -0.2) is 11.4 Å². The number of hydrogen-bond acceptors (Lipinski definition) is 4. The lowest BCUT2D eigenvalue weighted by molar-refractivity contribution is -0.0328. The fraction of sp³-hybridized carbons (Fsp3) is 0.0588. The molecule has 0 aliphatic rings. The average Bonchev–Trinajstić information content (AvgIpc) is 2.54. The van der Waals surface area contributed by atoms with E-state index in [9.17, 15) is 22.8 Å². The van der Waals surface area contributed by atoms with Crippen LogP contribution in [0.15, 0.2) is 68.7 Å². The number of halogens is 3. The minimum atomic E-state index is -4.49. The van der Waals surface area contributed by atoms with Crippen molar-refractivity contribution in [2.24, 2.45) is 0 Å². The van der Waals surface area contributed by atoms with Crippen LogP contribution in [0.3, 0.4) is 0 Å². The second-order valence-electron chi connectivity index (χ2n) is 5.01. The van der Waals surface area contributed by atoms with E-state index in [2.05, 4.69) is 5.32 Å². The lowest BCUT2D eigenvalue weighted by atomic mass is 10.2. The van der Waals surface area contributed by atoms with E-state index in [0.717, 1.165) is 0 Å². The third-order valence-electron chi connectivity index (χ3n) is 3.23. The summed E-state index contributed by atoms with van der Waals surface area (Å²) in [5.41, 5.74) is -4.35. The minimum Gasteiger partial charge on any atom is -0.423 e. The summed E-state index contributed by atoms with van der Waals surface area (Å²) < 4.78 is 42.8. The minimum absolute atomic E-state index is 0.0792. The van der Waals surface area contributed by atoms with Crippen LogP contribution in [0.2, 0.25) is 0 Å². The van der Waals surface area contributed by atoms with Gasteiger partial charge < -0.3 is 9.73 Å². The Hall–Kier alpha value is -2.74. The fourth-order valence-corrected chi connectivity index (χ4v) is 2.88. The molecule has 4 nitrogen and oxygen atoms in total. The quantitative estimate of drug-likeness (QED) is 0.542. The molecular formula is C17H10F3NO3S. The number of rotatable bonds is 3. The van der Waals surface area contributed by atoms with Gasteiger partial charge in [0.2, 0.25) is 0 Å². The Morgan fingerprint density at radius 3 is 2.56 bits per heavy atom. The number of anilines is 1. The van der Waals surface area contributed by atoms with Crippen molar-refractivity contribution in [2.45, 2.75) is 10.4 Å². The summed E-state index contributed by atoms with van der Waals surface area (Å²) >= 11 is -0.340. The van der Waals surface area contributed by atoms with Gasteiger partial charge in [0.1, 0.15) is 5.58 Å². The smallest absolute Gasteiger partial charge is 0.423 e. The number of alkyl halides is 3. The highest BCUT2D eigenvalue weighted by Gasteiger charge is 2.31. The largest absolute Gasteiger partial charge is 0.446 e. The molecule has 3 rings (SSSR count). The van der Waals surface area contributed by atoms with Crippen LogP contribution >= 0.6 is 11.8 Å². The van der Waals surface area contributed by atoms with Crippen molar-refractivity contribution in [2.75, 3.05) is 5.32 Å². The summed E-state index contributed by atoms with van der Waals surface area (Å²) in [5, 5.41) is 3.13. The predicted molar refractivity (Wildman–Crippen MR) is 88.8 cm³/mol. The van der Waals surface area contributed by atoms with Crippen LogP contribution in [0.4, 0.5) is 18.9 Å². The number of fused-ring (bicyclic) bond motifs is 1. The Labute approximate surface area is 143 Å². The first kappa shape index (κ1) is 17.1. The first-order valence-corrected chi connectivity index (χ1v) is 7.83. The van der Waals surface area contributed by atoms with Gasteiger partial charge in [-0.2, -0.15) is 13.2 Å². The zero-order chi connectivity index (χ0) is 18.0. The van der Waals surface area contributed by atoms with Crippen molar-refractivity contribution in [1.82, 2.24) is 0 Å². The van der Waals surface area contributed by atoms with Crippen molar-refractivity contribution in [3.05, 3.63) is 70.6 Å². The second kappa shape index (κ2) is 6.64. The van der Waals surface area contributed by atoms with E-state index in [0.29, 0.717) is 16.7 Å². The maximum absolute atomic E-state index is 12.6. The van der Waals surface area contributed by atoms with E-state index < -0.39 is 17.0 Å². The molecule has 8 heteroatoms. The molecule has 0 fully saturated rings. The molecule has 0 atom stereocenters. The van der Waals surface area contributed by atoms with E-state index in [4.69, 9.17) is 4.42 Å². The van der Waals surface area contributed by atoms with Crippen molar-refractivity contribution in [3.8, 4) is 0 Å². The van der Waals surface area contributed by atoms with E-state index in [1.54, 1.807) is 6.07 Å². The lowest BCUT2D eigenvalue weighted by Crippen LogP contribution is -2.14. The summed E-state index contributed by atoms with van der Waals surface area (Å²) in [6.07, 6.45) is 0. The average molecular weight is 365 g/mol. The van der Waals surface area contributed by atoms with E-state index in [1.807, 2.05) is 0 Å². The Bertz CT molecular complexity index is 998. The van der Waals surface area contributed by atoms with Gasteiger partial charge in [-0.3, -0.25) is 4.79 Å². The monoisotopic (exact) mass is 365 g/mol. The summed E-state index contributed by atoms with van der Waals surface area (Å²) in [6, 6.07) is 12.8. The molecule has 0 aliphatic carbocycles. The van der Waals surface area contributed by atoms with Gasteiger partial charge >= 0.3 is 11.1 Å². The molecule has 25 heavy (non-hydrogen) atoms. The molecule has 0 saturated carbocycles. The van der Waals surface area contributed by atoms with Crippen molar-refractivity contribution < 1.29 is 22.4 Å². The third kappa shape index (κ3) is 4.21. The molecule has 1 aromatic heterocycles. The van der Waals surface area contributed by atoms with Crippen LogP contribution in [0.5, 0.6) is 0 Å². The molecule has 1 N–H and O–H groups in total. The van der Waals surface area contributed by atoms with Crippen molar-refractivity contribution in [3.63, 3.8) is 0 Å². The van der Waals surface area contributed by atoms with Gasteiger partial charge in [0, 0.05) is 22.0 Å². The number of benzene rings is 2. The lowest BCUT2D eigenvalue weighted by Gasteiger charge is -2.11. The van der Waals surface area contributed by atoms with E-state index in [1.165, 1.54) is 48.5 Å². The SMILES string of the molecule is O=C(Nc1ccc2oc(=O)ccc2c1)c1ccccc1SC(F)(F)F. The molecule has 0 radical (unpaired) electrons. The van der Waals surface area contributed by atoms with E-state index >= 15 is 0 Å². The van der Waals surface area contributed by atoms with Crippen molar-refractivity contribution in [1.29, 1.82) is 0 Å². The Morgan fingerprint density at radius 1 is 1.04 bits per heavy atom. The number of thioether (sulfide) groups is 1. The molecule has 1 heterocycles. The predicted octanol–water partition coefficient (Wildman–Crippen LogP) is 4.66. The van der Waals surface area contributed by atoms with Crippen molar-refractivity contribution >= 4 is 34.3 Å². The first-order valence-electron chi connectivity index (χ1n) is 7.02.